The normalized spacial score (nSPS) is 11.6. The van der Waals surface area contributed by atoms with Crippen LogP contribution in [-0.4, -0.2) is 12.5 Å². The van der Waals surface area contributed by atoms with Gasteiger partial charge in [-0.1, -0.05) is 52.3 Å². The van der Waals surface area contributed by atoms with E-state index in [2.05, 4.69) is 21.2 Å². The van der Waals surface area contributed by atoms with Crippen LogP contribution in [0.2, 0.25) is 0 Å². The Labute approximate surface area is 203 Å². The number of nitrogens with one attached hydrogen (secondary N) is 1. The fraction of sp³-hybridized carbons (Fsp3) is 0.154. The lowest BCUT2D eigenvalue weighted by atomic mass is 10.0. The van der Waals surface area contributed by atoms with E-state index < -0.39 is 17.6 Å². The summed E-state index contributed by atoms with van der Waals surface area (Å²) >= 11 is 3.54. The lowest BCUT2D eigenvalue weighted by Gasteiger charge is -2.13. The van der Waals surface area contributed by atoms with Gasteiger partial charge in [-0.05, 0) is 60.0 Å². The van der Waals surface area contributed by atoms with Gasteiger partial charge in [-0.3, -0.25) is 4.79 Å². The van der Waals surface area contributed by atoms with Crippen molar-refractivity contribution in [1.29, 1.82) is 5.26 Å². The smallest absolute Gasteiger partial charge is 0.416 e. The number of carbonyl (C=O) groups excluding carboxylic acids is 1. The van der Waals surface area contributed by atoms with Crippen LogP contribution in [0.4, 0.5) is 18.9 Å². The molecule has 0 aromatic heterocycles. The minimum Gasteiger partial charge on any atom is -0.494 e. The molecule has 0 aliphatic carbocycles. The number of nitriles is 1. The minimum absolute atomic E-state index is 0.0558. The lowest BCUT2D eigenvalue weighted by molar-refractivity contribution is -0.137. The monoisotopic (exact) mass is 528 g/mol. The molecule has 4 nitrogen and oxygen atoms in total. The summed E-state index contributed by atoms with van der Waals surface area (Å²) in [6.45, 7) is 2.28. The number of ether oxygens (including phenoxy) is 1. The second-order valence-electron chi connectivity index (χ2n) is 7.27. The molecule has 34 heavy (non-hydrogen) atoms. The Morgan fingerprint density at radius 1 is 1.09 bits per heavy atom. The summed E-state index contributed by atoms with van der Waals surface area (Å²) in [4.78, 5) is 12.5. The summed E-state index contributed by atoms with van der Waals surface area (Å²) in [7, 11) is 0. The molecule has 1 amide bonds. The zero-order valence-corrected chi connectivity index (χ0v) is 19.7. The first-order chi connectivity index (χ1) is 16.2. The van der Waals surface area contributed by atoms with Gasteiger partial charge in [-0.15, -0.1) is 0 Å². The van der Waals surface area contributed by atoms with E-state index in [1.807, 2.05) is 43.3 Å². The maximum Gasteiger partial charge on any atom is 0.416 e. The molecule has 174 valence electrons. The zero-order valence-electron chi connectivity index (χ0n) is 18.1. The van der Waals surface area contributed by atoms with E-state index in [1.54, 1.807) is 12.1 Å². The van der Waals surface area contributed by atoms with Crippen molar-refractivity contribution in [2.45, 2.75) is 19.5 Å². The van der Waals surface area contributed by atoms with E-state index in [1.165, 1.54) is 18.2 Å². The van der Waals surface area contributed by atoms with Gasteiger partial charge in [-0.2, -0.15) is 18.4 Å². The van der Waals surface area contributed by atoms with E-state index in [-0.39, 0.29) is 11.3 Å². The molecule has 3 rings (SSSR count). The number of amides is 1. The minimum atomic E-state index is -4.54. The quantitative estimate of drug-likeness (QED) is 0.265. The van der Waals surface area contributed by atoms with Crippen molar-refractivity contribution in [2.24, 2.45) is 0 Å². The van der Waals surface area contributed by atoms with Gasteiger partial charge in [-0.25, -0.2) is 0 Å². The van der Waals surface area contributed by atoms with Gasteiger partial charge in [0.05, 0.1) is 12.2 Å². The number of hydrogen-bond acceptors (Lipinski definition) is 3. The third kappa shape index (κ3) is 6.49. The van der Waals surface area contributed by atoms with Crippen molar-refractivity contribution < 1.29 is 22.7 Å². The Bertz CT molecular complexity index is 1260. The molecule has 0 saturated heterocycles. The van der Waals surface area contributed by atoms with Gasteiger partial charge in [0.1, 0.15) is 17.4 Å². The molecule has 0 bridgehead atoms. The van der Waals surface area contributed by atoms with Crippen molar-refractivity contribution in [3.05, 3.63) is 99.0 Å². The first kappa shape index (κ1) is 25.1. The molecule has 0 heterocycles. The van der Waals surface area contributed by atoms with Crippen LogP contribution in [-0.2, 0) is 17.4 Å². The first-order valence-corrected chi connectivity index (χ1v) is 11.1. The largest absolute Gasteiger partial charge is 0.494 e. The molecule has 1 N–H and O–H groups in total. The molecular weight excluding hydrogens is 509 g/mol. The maximum atomic E-state index is 12.9. The van der Waals surface area contributed by atoms with Crippen LogP contribution in [0, 0.1) is 11.3 Å². The molecule has 0 aliphatic rings. The highest BCUT2D eigenvalue weighted by Crippen LogP contribution is 2.31. The van der Waals surface area contributed by atoms with Crippen molar-refractivity contribution in [2.75, 3.05) is 11.9 Å². The van der Waals surface area contributed by atoms with Crippen molar-refractivity contribution >= 4 is 33.6 Å². The molecule has 0 fully saturated rings. The molecular formula is C26H20BrF3N2O2. The zero-order chi connectivity index (χ0) is 24.7. The van der Waals surface area contributed by atoms with Crippen LogP contribution in [0.1, 0.15) is 29.2 Å². The number of halogens is 4. The number of rotatable bonds is 7. The summed E-state index contributed by atoms with van der Waals surface area (Å²) in [6, 6.07) is 19.2. The summed E-state index contributed by atoms with van der Waals surface area (Å²) in [6.07, 6.45) is -2.56. The van der Waals surface area contributed by atoms with Gasteiger partial charge < -0.3 is 10.1 Å². The van der Waals surface area contributed by atoms with Gasteiger partial charge in [0.25, 0.3) is 5.91 Å². The highest BCUT2D eigenvalue weighted by Gasteiger charge is 2.30. The predicted octanol–water partition coefficient (Wildman–Crippen LogP) is 7.00. The van der Waals surface area contributed by atoms with E-state index in [9.17, 15) is 23.2 Å². The summed E-state index contributed by atoms with van der Waals surface area (Å²) < 4.78 is 45.5. The molecule has 0 spiro atoms. The maximum absolute atomic E-state index is 12.9. The van der Waals surface area contributed by atoms with Crippen LogP contribution in [0.5, 0.6) is 5.75 Å². The third-order valence-corrected chi connectivity index (χ3v) is 5.63. The van der Waals surface area contributed by atoms with Gasteiger partial charge in [0, 0.05) is 16.6 Å². The topological polar surface area (TPSA) is 62.1 Å². The third-order valence-electron chi connectivity index (χ3n) is 4.85. The Hall–Kier alpha value is -3.57. The summed E-state index contributed by atoms with van der Waals surface area (Å²) in [5.74, 6) is -0.195. The van der Waals surface area contributed by atoms with Crippen LogP contribution in [0.25, 0.3) is 6.08 Å². The van der Waals surface area contributed by atoms with Crippen LogP contribution in [0.3, 0.4) is 0 Å². The number of carbonyl (C=O) groups is 1. The van der Waals surface area contributed by atoms with Crippen molar-refractivity contribution in [3.8, 4) is 11.8 Å². The van der Waals surface area contributed by atoms with Crippen LogP contribution < -0.4 is 10.1 Å². The van der Waals surface area contributed by atoms with Gasteiger partial charge in [0.2, 0.25) is 0 Å². The standard InChI is InChI=1S/C26H20BrF3N2O2/c1-2-34-24-13-17(10-11-19(24)14-18-6-3-4-9-23(18)27)12-20(16-31)25(33)32-22-8-5-7-21(15-22)26(28,29)30/h3-13,15H,2,14H2,1H3,(H,32,33)/b20-12+. The second-order valence-corrected chi connectivity index (χ2v) is 8.13. The molecule has 0 atom stereocenters. The lowest BCUT2D eigenvalue weighted by Crippen LogP contribution is -2.14. The van der Waals surface area contributed by atoms with Crippen molar-refractivity contribution in [3.63, 3.8) is 0 Å². The van der Waals surface area contributed by atoms with E-state index in [0.717, 1.165) is 27.7 Å². The number of hydrogen-bond donors (Lipinski definition) is 1. The molecule has 0 aliphatic heterocycles. The predicted molar refractivity (Wildman–Crippen MR) is 128 cm³/mol. The van der Waals surface area contributed by atoms with Crippen LogP contribution in [0.15, 0.2) is 76.8 Å². The first-order valence-electron chi connectivity index (χ1n) is 10.3. The Morgan fingerprint density at radius 3 is 2.53 bits per heavy atom. The molecule has 3 aromatic carbocycles. The molecule has 0 unspecified atom stereocenters. The highest BCUT2D eigenvalue weighted by molar-refractivity contribution is 9.10. The van der Waals surface area contributed by atoms with E-state index >= 15 is 0 Å². The van der Waals surface area contributed by atoms with Crippen LogP contribution >= 0.6 is 15.9 Å². The molecule has 8 heteroatoms. The SMILES string of the molecule is CCOc1cc(/C=C(\C#N)C(=O)Nc2cccc(C(F)(F)F)c2)ccc1Cc1ccccc1Br. The van der Waals surface area contributed by atoms with E-state index in [0.29, 0.717) is 24.3 Å². The number of anilines is 1. The second kappa shape index (κ2) is 11.0. The number of alkyl halides is 3. The fourth-order valence-electron chi connectivity index (χ4n) is 3.23. The Balaban J connectivity index is 1.85. The fourth-order valence-corrected chi connectivity index (χ4v) is 3.66. The Kier molecular flexibility index (Phi) is 8.13. The van der Waals surface area contributed by atoms with Gasteiger partial charge >= 0.3 is 6.18 Å². The average molecular weight is 529 g/mol. The van der Waals surface area contributed by atoms with E-state index in [4.69, 9.17) is 4.74 Å². The Morgan fingerprint density at radius 2 is 1.85 bits per heavy atom. The molecule has 0 radical (unpaired) electrons. The van der Waals surface area contributed by atoms with Crippen molar-refractivity contribution in [1.82, 2.24) is 0 Å². The average Bonchev–Trinajstić information content (AvgIpc) is 2.80. The molecule has 0 saturated carbocycles. The number of benzene rings is 3. The highest BCUT2D eigenvalue weighted by atomic mass is 79.9. The summed E-state index contributed by atoms with van der Waals surface area (Å²) in [5.41, 5.74) is 1.35. The summed E-state index contributed by atoms with van der Waals surface area (Å²) in [5, 5.41) is 11.8. The van der Waals surface area contributed by atoms with Gasteiger partial charge in [0.15, 0.2) is 0 Å². The molecule has 3 aromatic rings. The number of nitrogens with zero attached hydrogens (tertiary/aromatic N) is 1.